The maximum Gasteiger partial charge on any atom is 0.349 e. The van der Waals surface area contributed by atoms with Gasteiger partial charge in [-0.05, 0) is 0 Å². The second kappa shape index (κ2) is 7.79. The van der Waals surface area contributed by atoms with E-state index < -0.39 is 35.8 Å². The molecule has 0 radical (unpaired) electrons. The van der Waals surface area contributed by atoms with E-state index in [1.54, 1.807) is 11.5 Å². The topological polar surface area (TPSA) is 189 Å². The molecule has 3 aliphatic rings. The summed E-state index contributed by atoms with van der Waals surface area (Å²) in [7, 11) is 0. The van der Waals surface area contributed by atoms with Gasteiger partial charge in [-0.15, -0.1) is 0 Å². The van der Waals surface area contributed by atoms with Crippen LogP contribution >= 0.6 is 0 Å². The van der Waals surface area contributed by atoms with E-state index in [1.807, 2.05) is 4.98 Å². The van der Waals surface area contributed by atoms with Gasteiger partial charge in [0.15, 0.2) is 28.8 Å². The van der Waals surface area contributed by atoms with E-state index in [0.717, 1.165) is 0 Å². The summed E-state index contributed by atoms with van der Waals surface area (Å²) in [4.78, 5) is 46.5. The molecule has 0 fully saturated rings. The Kier molecular flexibility index (Phi) is 5.17. The maximum absolute atomic E-state index is 12.3. The number of rotatable bonds is 6. The molecule has 0 aliphatic carbocycles. The fraction of sp³-hybridized carbons (Fsp3) is 0.353. The van der Waals surface area contributed by atoms with E-state index >= 15 is 0 Å². The van der Waals surface area contributed by atoms with Gasteiger partial charge in [-0.2, -0.15) is 10.5 Å². The Hall–Kier alpha value is -3.39. The Balaban J connectivity index is 1.97. The highest BCUT2D eigenvalue weighted by Crippen LogP contribution is 2.35. The van der Waals surface area contributed by atoms with E-state index in [2.05, 4.69) is 9.97 Å². The minimum absolute atomic E-state index is 0.139. The number of Topliss-reactive ketones (excluding diaryl/α,β-unsaturated/α-hetero) is 1. The highest BCUT2D eigenvalue weighted by molar-refractivity contribution is 5.88. The maximum atomic E-state index is 12.3. The van der Waals surface area contributed by atoms with Crippen LogP contribution in [0.15, 0.2) is 21.7 Å². The zero-order chi connectivity index (χ0) is 21.4. The van der Waals surface area contributed by atoms with E-state index in [-0.39, 0.29) is 23.6 Å². The fourth-order valence-electron chi connectivity index (χ4n) is 3.22. The van der Waals surface area contributed by atoms with Crippen molar-refractivity contribution in [2.45, 2.75) is 18.7 Å². The van der Waals surface area contributed by atoms with Crippen LogP contribution in [0.25, 0.3) is 22.6 Å². The van der Waals surface area contributed by atoms with Crippen molar-refractivity contribution in [1.82, 2.24) is 25.0 Å². The average Bonchev–Trinajstić information content (AvgIpc) is 2.75. The monoisotopic (exact) mass is 419 g/mol. The first-order chi connectivity index (χ1) is 14.4. The van der Waals surface area contributed by atoms with E-state index in [4.69, 9.17) is 14.6 Å². The molecular formula is C17H17N5O8. The number of benzene rings is 1. The Morgan fingerprint density at radius 1 is 1.23 bits per heavy atom. The number of hydrogen-bond donors (Lipinski definition) is 5. The van der Waals surface area contributed by atoms with Crippen LogP contribution in [-0.4, -0.2) is 72.7 Å². The Morgan fingerprint density at radius 2 is 1.93 bits per heavy atom. The van der Waals surface area contributed by atoms with Crippen LogP contribution in [0.2, 0.25) is 0 Å². The van der Waals surface area contributed by atoms with Gasteiger partial charge < -0.3 is 29.5 Å². The number of aliphatic hydroxyl groups excluding tert-OH is 2. The molecule has 1 aromatic carbocycles. The van der Waals surface area contributed by atoms with Crippen LogP contribution in [0.3, 0.4) is 0 Å². The molecule has 5 N–H and O–H groups in total. The number of nitrogens with one attached hydrogen (secondary N) is 2. The van der Waals surface area contributed by atoms with Crippen molar-refractivity contribution in [3.05, 3.63) is 33.0 Å². The van der Waals surface area contributed by atoms with E-state index in [0.29, 0.717) is 30.2 Å². The number of fused-ring (bicyclic) bond motifs is 3. The van der Waals surface area contributed by atoms with Gasteiger partial charge in [-0.3, -0.25) is 14.6 Å². The first kappa shape index (κ1) is 19.9. The second-order valence-electron chi connectivity index (χ2n) is 6.53. The number of aliphatic hydroxyl groups is 2. The summed E-state index contributed by atoms with van der Waals surface area (Å²) in [5.41, 5.74) is 0.505. The molecule has 30 heavy (non-hydrogen) atoms. The van der Waals surface area contributed by atoms with E-state index in [9.17, 15) is 24.7 Å². The van der Waals surface area contributed by atoms with Gasteiger partial charge in [0.2, 0.25) is 0 Å². The number of aromatic amines is 1. The van der Waals surface area contributed by atoms with Gasteiger partial charge in [0.25, 0.3) is 5.56 Å². The summed E-state index contributed by atoms with van der Waals surface area (Å²) >= 11 is 0. The third-order valence-electron chi connectivity index (χ3n) is 4.64. The molecule has 4 rings (SSSR count). The van der Waals surface area contributed by atoms with E-state index in [1.165, 1.54) is 10.6 Å². The van der Waals surface area contributed by atoms with Gasteiger partial charge in [-0.1, -0.05) is 0 Å². The molecule has 13 nitrogen and oxygen atoms in total. The van der Waals surface area contributed by atoms with Crippen LogP contribution in [0, 0.1) is 0 Å². The number of hydroxylamine groups is 1. The third kappa shape index (κ3) is 3.39. The lowest BCUT2D eigenvalue weighted by atomic mass is 10.1. The molecule has 1 aromatic rings. The smallest absolute Gasteiger partial charge is 0.349 e. The lowest BCUT2D eigenvalue weighted by molar-refractivity contribution is -0.134. The van der Waals surface area contributed by atoms with Crippen molar-refractivity contribution < 1.29 is 29.7 Å². The van der Waals surface area contributed by atoms with Gasteiger partial charge in [0.1, 0.15) is 25.4 Å². The predicted octanol–water partition coefficient (Wildman–Crippen LogP) is -2.37. The molecule has 2 atom stereocenters. The van der Waals surface area contributed by atoms with Crippen LogP contribution in [0.1, 0.15) is 0 Å². The quantitative estimate of drug-likeness (QED) is 0.212. The molecule has 0 saturated carbocycles. The Labute approximate surface area is 166 Å². The van der Waals surface area contributed by atoms with Crippen molar-refractivity contribution in [2.24, 2.45) is 0 Å². The standard InChI is InChI=1S/C17H17N5O8/c23-6-10(24)14(25)8(21-28)5-22-9-4-12-11(29-1-2-30-12)3-7(9)18-13-15(22)19-17(27)20-16(13)26/h3-4,8,10,21,23-24,28H,1-2,5-6H2,(H,20,26,27). The van der Waals surface area contributed by atoms with Gasteiger partial charge in [0, 0.05) is 18.7 Å². The van der Waals surface area contributed by atoms with Gasteiger partial charge in [-0.25, -0.2) is 9.78 Å². The first-order valence-corrected chi connectivity index (χ1v) is 8.89. The van der Waals surface area contributed by atoms with Crippen molar-refractivity contribution in [3.8, 4) is 23.0 Å². The highest BCUT2D eigenvalue weighted by atomic mass is 16.6. The normalized spacial score (nSPS) is 15.3. The van der Waals surface area contributed by atoms with Gasteiger partial charge in [0.05, 0.1) is 17.6 Å². The van der Waals surface area contributed by atoms with Crippen LogP contribution < -0.4 is 26.2 Å². The number of ether oxygens (including phenoxy) is 2. The summed E-state index contributed by atoms with van der Waals surface area (Å²) < 4.78 is 12.4. The lowest BCUT2D eigenvalue weighted by Gasteiger charge is -2.24. The molecular weight excluding hydrogens is 402 g/mol. The number of ketones is 1. The summed E-state index contributed by atoms with van der Waals surface area (Å²) in [5, 5.41) is 28.1. The molecule has 0 amide bonds. The Bertz CT molecular complexity index is 1210. The molecule has 3 aliphatic heterocycles. The van der Waals surface area contributed by atoms with Crippen molar-refractivity contribution in [1.29, 1.82) is 0 Å². The summed E-state index contributed by atoms with van der Waals surface area (Å²) in [6.07, 6.45) is -1.74. The number of carbonyl (C=O) groups excluding carboxylic acids is 1. The van der Waals surface area contributed by atoms with Crippen molar-refractivity contribution in [2.75, 3.05) is 19.8 Å². The molecule has 13 heteroatoms. The summed E-state index contributed by atoms with van der Waals surface area (Å²) in [6, 6.07) is 1.69. The minimum Gasteiger partial charge on any atom is -0.486 e. The number of hydrogen-bond acceptors (Lipinski definition) is 11. The third-order valence-corrected chi connectivity index (χ3v) is 4.64. The zero-order valence-corrected chi connectivity index (χ0v) is 15.4. The van der Waals surface area contributed by atoms with Crippen LogP contribution in [0.4, 0.5) is 0 Å². The summed E-state index contributed by atoms with van der Waals surface area (Å²) in [6.45, 7) is -0.555. The fourth-order valence-corrected chi connectivity index (χ4v) is 3.22. The molecule has 2 unspecified atom stereocenters. The average molecular weight is 419 g/mol. The molecule has 0 saturated heterocycles. The van der Waals surface area contributed by atoms with Crippen molar-refractivity contribution in [3.63, 3.8) is 0 Å². The van der Waals surface area contributed by atoms with Crippen molar-refractivity contribution >= 4 is 16.8 Å². The lowest BCUT2D eigenvalue weighted by Crippen LogP contribution is -2.45. The number of carbonyl (C=O) groups is 1. The largest absolute Gasteiger partial charge is 0.486 e. The predicted molar refractivity (Wildman–Crippen MR) is 98.8 cm³/mol. The van der Waals surface area contributed by atoms with Crippen LogP contribution in [0.5, 0.6) is 11.5 Å². The van der Waals surface area contributed by atoms with Crippen LogP contribution in [-0.2, 0) is 11.3 Å². The molecule has 0 spiro atoms. The van der Waals surface area contributed by atoms with Gasteiger partial charge >= 0.3 is 5.69 Å². The highest BCUT2D eigenvalue weighted by Gasteiger charge is 2.28. The summed E-state index contributed by atoms with van der Waals surface area (Å²) in [5.74, 6) is -0.263. The molecule has 158 valence electrons. The number of aromatic nitrogens is 4. The first-order valence-electron chi connectivity index (χ1n) is 8.89. The minimum atomic E-state index is -1.74. The molecule has 0 aromatic heterocycles. The zero-order valence-electron chi connectivity index (χ0n) is 15.4. The molecule has 3 heterocycles. The SMILES string of the molecule is O=C(C(O)CO)C(Cn1c2nc(=O)[nH]c(=O)c-2nc2cc3c(cc21)OCCO3)NO. The molecule has 0 bridgehead atoms. The Morgan fingerprint density at radius 3 is 2.60 bits per heavy atom. The number of nitrogens with zero attached hydrogens (tertiary/aromatic N) is 3. The number of H-pyrrole nitrogens is 1. The second-order valence-corrected chi connectivity index (χ2v) is 6.53.